The summed E-state index contributed by atoms with van der Waals surface area (Å²) in [5.74, 6) is -0.639. The molecule has 0 bridgehead atoms. The summed E-state index contributed by atoms with van der Waals surface area (Å²) >= 11 is 6.19. The second kappa shape index (κ2) is 9.80. The van der Waals surface area contributed by atoms with Crippen molar-refractivity contribution in [3.63, 3.8) is 0 Å². The number of anilines is 1. The van der Waals surface area contributed by atoms with Crippen LogP contribution in [0.1, 0.15) is 34.6 Å². The van der Waals surface area contributed by atoms with Gasteiger partial charge < -0.3 is 14.4 Å². The fourth-order valence-corrected chi connectivity index (χ4v) is 3.89. The van der Waals surface area contributed by atoms with Gasteiger partial charge in [0.1, 0.15) is 17.5 Å². The number of ether oxygens (including phenoxy) is 1. The highest BCUT2D eigenvalue weighted by Crippen LogP contribution is 2.34. The van der Waals surface area contributed by atoms with Gasteiger partial charge in [0.2, 0.25) is 0 Å². The summed E-state index contributed by atoms with van der Waals surface area (Å²) in [6.45, 7) is 3.44. The number of halogens is 1. The van der Waals surface area contributed by atoms with Crippen LogP contribution in [0.4, 0.5) is 10.5 Å². The molecule has 1 unspecified atom stereocenters. The van der Waals surface area contributed by atoms with Crippen molar-refractivity contribution in [1.29, 1.82) is 0 Å². The summed E-state index contributed by atoms with van der Waals surface area (Å²) in [6, 6.07) is 21.0. The molecule has 172 valence electrons. The summed E-state index contributed by atoms with van der Waals surface area (Å²) in [5, 5.41) is 16.6. The van der Waals surface area contributed by atoms with E-state index in [1.165, 1.54) is 0 Å². The molecular weight excluding hydrogens is 456 g/mol. The first-order valence-electron chi connectivity index (χ1n) is 10.5. The molecule has 1 atom stereocenters. The molecule has 0 aliphatic carbocycles. The first kappa shape index (κ1) is 23.1. The van der Waals surface area contributed by atoms with E-state index in [1.807, 2.05) is 6.07 Å². The van der Waals surface area contributed by atoms with Crippen molar-refractivity contribution in [3.05, 3.63) is 94.6 Å². The monoisotopic (exact) mass is 476 g/mol. The first-order valence-corrected chi connectivity index (χ1v) is 10.8. The molecule has 8 heteroatoms. The lowest BCUT2D eigenvalue weighted by Gasteiger charge is -2.15. The Balaban J connectivity index is 1.55. The van der Waals surface area contributed by atoms with Crippen LogP contribution in [0, 0.1) is 6.92 Å². The van der Waals surface area contributed by atoms with E-state index in [1.54, 1.807) is 80.6 Å². The highest BCUT2D eigenvalue weighted by atomic mass is 35.5. The maximum atomic E-state index is 12.6. The minimum Gasteiger partial charge on any atom is -0.478 e. The number of hydrogen-bond acceptors (Lipinski definition) is 5. The molecule has 0 spiro atoms. The third-order valence-electron chi connectivity index (χ3n) is 5.33. The number of hydrogen-bond donors (Lipinski definition) is 2. The van der Waals surface area contributed by atoms with Gasteiger partial charge in [0.25, 0.3) is 0 Å². The second-order valence-corrected chi connectivity index (χ2v) is 8.00. The molecule has 4 aromatic rings. The van der Waals surface area contributed by atoms with Crippen LogP contribution < -0.4 is 5.32 Å². The number of aromatic nitrogens is 1. The van der Waals surface area contributed by atoms with Crippen molar-refractivity contribution in [2.24, 2.45) is 0 Å². The Morgan fingerprint density at radius 1 is 1.00 bits per heavy atom. The van der Waals surface area contributed by atoms with E-state index in [2.05, 4.69) is 10.5 Å². The number of carbonyl (C=O) groups is 2. The van der Waals surface area contributed by atoms with Crippen LogP contribution in [-0.2, 0) is 4.74 Å². The molecule has 1 amide bonds. The standard InChI is InChI=1S/C26H21ClN2O5/c1-15-23(28-26(32)33-16(2)19-7-5-6-10-22(19)27)24(34-29-15)18-13-11-17(12-14-18)20-8-3-4-9-21(20)25(30)31/h3-14,16H,1-2H3,(H,28,32)(H,30,31). The summed E-state index contributed by atoms with van der Waals surface area (Å²) in [4.78, 5) is 24.1. The Kier molecular flexibility index (Phi) is 6.65. The van der Waals surface area contributed by atoms with Crippen molar-refractivity contribution in [2.45, 2.75) is 20.0 Å². The Morgan fingerprint density at radius 2 is 1.65 bits per heavy atom. The van der Waals surface area contributed by atoms with Gasteiger partial charge in [0, 0.05) is 16.1 Å². The van der Waals surface area contributed by atoms with Crippen LogP contribution in [-0.4, -0.2) is 22.3 Å². The first-order chi connectivity index (χ1) is 16.3. The van der Waals surface area contributed by atoms with E-state index < -0.39 is 18.2 Å². The lowest BCUT2D eigenvalue weighted by Crippen LogP contribution is -2.17. The lowest BCUT2D eigenvalue weighted by atomic mass is 9.98. The number of aryl methyl sites for hydroxylation is 1. The van der Waals surface area contributed by atoms with Crippen LogP contribution in [0.2, 0.25) is 5.02 Å². The number of carbonyl (C=O) groups excluding carboxylic acids is 1. The van der Waals surface area contributed by atoms with Crippen LogP contribution in [0.15, 0.2) is 77.3 Å². The van der Waals surface area contributed by atoms with Crippen molar-refractivity contribution in [1.82, 2.24) is 5.16 Å². The van der Waals surface area contributed by atoms with E-state index in [9.17, 15) is 14.7 Å². The molecule has 3 aromatic carbocycles. The minimum atomic E-state index is -0.999. The van der Waals surface area contributed by atoms with E-state index in [0.29, 0.717) is 38.9 Å². The van der Waals surface area contributed by atoms with Crippen molar-refractivity contribution in [2.75, 3.05) is 5.32 Å². The number of rotatable bonds is 6. The highest BCUT2D eigenvalue weighted by molar-refractivity contribution is 6.31. The Morgan fingerprint density at radius 3 is 2.35 bits per heavy atom. The molecule has 0 aliphatic heterocycles. The van der Waals surface area contributed by atoms with Crippen LogP contribution in [0.3, 0.4) is 0 Å². The SMILES string of the molecule is Cc1noc(-c2ccc(-c3ccccc3C(=O)O)cc2)c1NC(=O)OC(C)c1ccccc1Cl. The molecular formula is C26H21ClN2O5. The van der Waals surface area contributed by atoms with Gasteiger partial charge in [0.05, 0.1) is 5.56 Å². The molecule has 7 nitrogen and oxygen atoms in total. The van der Waals surface area contributed by atoms with Gasteiger partial charge >= 0.3 is 12.1 Å². The predicted molar refractivity (Wildman–Crippen MR) is 129 cm³/mol. The van der Waals surface area contributed by atoms with E-state index >= 15 is 0 Å². The maximum Gasteiger partial charge on any atom is 0.412 e. The summed E-state index contributed by atoms with van der Waals surface area (Å²) in [5.41, 5.74) is 3.77. The number of aromatic carboxylic acids is 1. The Labute approximate surface area is 200 Å². The largest absolute Gasteiger partial charge is 0.478 e. The number of nitrogens with one attached hydrogen (secondary N) is 1. The Hall–Kier alpha value is -4.10. The molecule has 0 fully saturated rings. The van der Waals surface area contributed by atoms with Crippen LogP contribution in [0.5, 0.6) is 0 Å². The lowest BCUT2D eigenvalue weighted by molar-refractivity contribution is 0.0697. The summed E-state index contributed by atoms with van der Waals surface area (Å²) in [7, 11) is 0. The van der Waals surface area contributed by atoms with Gasteiger partial charge in [-0.05, 0) is 37.1 Å². The van der Waals surface area contributed by atoms with E-state index in [4.69, 9.17) is 20.9 Å². The minimum absolute atomic E-state index is 0.212. The third kappa shape index (κ3) is 4.79. The van der Waals surface area contributed by atoms with Gasteiger partial charge in [-0.3, -0.25) is 5.32 Å². The van der Waals surface area contributed by atoms with Crippen molar-refractivity contribution < 1.29 is 24.0 Å². The average Bonchev–Trinajstić information content (AvgIpc) is 3.19. The van der Waals surface area contributed by atoms with Gasteiger partial charge in [-0.2, -0.15) is 0 Å². The predicted octanol–water partition coefficient (Wildman–Crippen LogP) is 6.98. The molecule has 0 saturated carbocycles. The number of carboxylic acids is 1. The van der Waals surface area contributed by atoms with Crippen LogP contribution in [0.25, 0.3) is 22.5 Å². The number of amides is 1. The zero-order valence-electron chi connectivity index (χ0n) is 18.4. The molecule has 0 aliphatic rings. The zero-order valence-corrected chi connectivity index (χ0v) is 19.2. The number of nitrogens with zero attached hydrogens (tertiary/aromatic N) is 1. The number of benzene rings is 3. The van der Waals surface area contributed by atoms with E-state index in [-0.39, 0.29) is 5.56 Å². The second-order valence-electron chi connectivity index (χ2n) is 7.59. The molecule has 0 saturated heterocycles. The van der Waals surface area contributed by atoms with Crippen molar-refractivity contribution >= 4 is 29.4 Å². The quantitative estimate of drug-likeness (QED) is 0.311. The molecule has 2 N–H and O–H groups in total. The van der Waals surface area contributed by atoms with Crippen molar-refractivity contribution in [3.8, 4) is 22.5 Å². The molecule has 34 heavy (non-hydrogen) atoms. The average molecular weight is 477 g/mol. The maximum absolute atomic E-state index is 12.6. The normalized spacial score (nSPS) is 11.6. The Bertz CT molecular complexity index is 1350. The smallest absolute Gasteiger partial charge is 0.412 e. The van der Waals surface area contributed by atoms with Gasteiger partial charge in [-0.25, -0.2) is 9.59 Å². The summed E-state index contributed by atoms with van der Waals surface area (Å²) < 4.78 is 11.0. The fraction of sp³-hybridized carbons (Fsp3) is 0.115. The zero-order chi connectivity index (χ0) is 24.2. The third-order valence-corrected chi connectivity index (χ3v) is 5.68. The fourth-order valence-electron chi connectivity index (χ4n) is 3.60. The number of carboxylic acid groups (broad SMARTS) is 1. The topological polar surface area (TPSA) is 102 Å². The van der Waals surface area contributed by atoms with E-state index in [0.717, 1.165) is 5.56 Å². The van der Waals surface area contributed by atoms with Gasteiger partial charge in [-0.15, -0.1) is 0 Å². The summed E-state index contributed by atoms with van der Waals surface area (Å²) in [6.07, 6.45) is -1.24. The van der Waals surface area contributed by atoms with Crippen LogP contribution >= 0.6 is 11.6 Å². The molecule has 0 radical (unpaired) electrons. The van der Waals surface area contributed by atoms with Gasteiger partial charge in [0.15, 0.2) is 5.76 Å². The molecule has 1 aromatic heterocycles. The highest BCUT2D eigenvalue weighted by Gasteiger charge is 2.21. The molecule has 1 heterocycles. The molecule has 4 rings (SSSR count). The van der Waals surface area contributed by atoms with Gasteiger partial charge in [-0.1, -0.05) is 77.4 Å².